The fraction of sp³-hybridized carbons (Fsp3) is 0.478. The third-order valence-corrected chi connectivity index (χ3v) is 5.71. The number of benzene rings is 1. The van der Waals surface area contributed by atoms with Gasteiger partial charge in [-0.25, -0.2) is 4.79 Å². The van der Waals surface area contributed by atoms with Crippen LogP contribution in [0.5, 0.6) is 5.75 Å². The fourth-order valence-corrected chi connectivity index (χ4v) is 3.65. The molecule has 3 N–H and O–H groups in total. The second-order valence-electron chi connectivity index (χ2n) is 8.15. The van der Waals surface area contributed by atoms with E-state index in [9.17, 15) is 19.2 Å². The molecule has 1 heterocycles. The first-order valence-electron chi connectivity index (χ1n) is 10.7. The zero-order chi connectivity index (χ0) is 25.1. The number of aliphatic carboxylic acids is 1. The van der Waals surface area contributed by atoms with Gasteiger partial charge < -0.3 is 30.0 Å². The molecular weight excluding hydrogens is 464 g/mol. The normalized spacial score (nSPS) is 19.4. The van der Waals surface area contributed by atoms with Crippen LogP contribution in [0.3, 0.4) is 0 Å². The Morgan fingerprint density at radius 3 is 2.50 bits per heavy atom. The van der Waals surface area contributed by atoms with Gasteiger partial charge in [0, 0.05) is 42.3 Å². The molecule has 1 aromatic rings. The molecule has 34 heavy (non-hydrogen) atoms. The Balaban J connectivity index is 1.75. The molecule has 0 aliphatic carbocycles. The maximum atomic E-state index is 12.8. The number of carbonyl (C=O) groups is 4. The summed E-state index contributed by atoms with van der Waals surface area (Å²) in [5, 5.41) is 13.4. The molecule has 10 nitrogen and oxygen atoms in total. The molecule has 2 amide bonds. The van der Waals surface area contributed by atoms with Crippen molar-refractivity contribution < 1.29 is 38.5 Å². The molecule has 2 rings (SSSR count). The smallest absolute Gasteiger partial charge is 0.328 e. The molecule has 11 heteroatoms. The molecule has 0 bridgehead atoms. The summed E-state index contributed by atoms with van der Waals surface area (Å²) >= 11 is 0.899. The van der Waals surface area contributed by atoms with Gasteiger partial charge in [0.2, 0.25) is 16.9 Å². The minimum Gasteiger partial charge on any atom is -0.497 e. The predicted molar refractivity (Wildman–Crippen MR) is 125 cm³/mol. The van der Waals surface area contributed by atoms with E-state index in [0.717, 1.165) is 29.5 Å². The number of hydrogen-bond donors (Lipinski definition) is 3. The van der Waals surface area contributed by atoms with Gasteiger partial charge in [-0.3, -0.25) is 14.4 Å². The number of methoxy groups -OCH3 is 1. The number of rotatable bonds is 11. The van der Waals surface area contributed by atoms with Crippen molar-refractivity contribution >= 4 is 34.7 Å². The van der Waals surface area contributed by atoms with Crippen LogP contribution in [0, 0.1) is 5.41 Å². The lowest BCUT2D eigenvalue weighted by Crippen LogP contribution is -2.52. The van der Waals surface area contributed by atoms with Crippen LogP contribution < -0.4 is 15.4 Å². The highest BCUT2D eigenvalue weighted by Crippen LogP contribution is 2.36. The monoisotopic (exact) mass is 494 g/mol. The van der Waals surface area contributed by atoms with E-state index < -0.39 is 28.9 Å². The summed E-state index contributed by atoms with van der Waals surface area (Å²) in [6, 6.07) is 7.21. The van der Waals surface area contributed by atoms with Crippen molar-refractivity contribution in [3.05, 3.63) is 42.0 Å². The molecule has 2 atom stereocenters. The summed E-state index contributed by atoms with van der Waals surface area (Å²) in [4.78, 5) is 46.5. The number of nitrogens with one attached hydrogen (secondary N) is 2. The number of carbonyl (C=O) groups excluding carboxylic acids is 3. The van der Waals surface area contributed by atoms with Gasteiger partial charge in [0.05, 0.1) is 13.7 Å². The lowest BCUT2D eigenvalue weighted by atomic mass is 9.85. The number of ether oxygens (including phenoxy) is 3. The quantitative estimate of drug-likeness (QED) is 0.309. The first kappa shape index (κ1) is 27.4. The largest absolute Gasteiger partial charge is 0.497 e. The van der Waals surface area contributed by atoms with Crippen molar-refractivity contribution in [2.75, 3.05) is 32.6 Å². The molecular formula is C23H30N2O8S. The topological polar surface area (TPSA) is 140 Å². The summed E-state index contributed by atoms with van der Waals surface area (Å²) < 4.78 is 16.9. The summed E-state index contributed by atoms with van der Waals surface area (Å²) in [5.41, 5.74) is 0.206. The van der Waals surface area contributed by atoms with E-state index in [0.29, 0.717) is 18.1 Å². The van der Waals surface area contributed by atoms with Crippen molar-refractivity contribution in [2.45, 2.75) is 32.7 Å². The van der Waals surface area contributed by atoms with E-state index in [-0.39, 0.29) is 31.3 Å². The van der Waals surface area contributed by atoms with Crippen molar-refractivity contribution in [3.63, 3.8) is 0 Å². The summed E-state index contributed by atoms with van der Waals surface area (Å²) in [6.07, 6.45) is 0.332. The SMILES string of the molecule is COc1ccc(C2OCC(C)(C)[C@H](C(=O)NCCC(=O)NCCSC(=O)/C=C/C(=O)O)O2)cc1. The molecule has 186 valence electrons. The van der Waals surface area contributed by atoms with E-state index in [1.165, 1.54) is 0 Å². The zero-order valence-electron chi connectivity index (χ0n) is 19.4. The van der Waals surface area contributed by atoms with E-state index in [4.69, 9.17) is 19.3 Å². The van der Waals surface area contributed by atoms with Gasteiger partial charge in [-0.2, -0.15) is 0 Å². The molecule has 1 unspecified atom stereocenters. The molecule has 1 aromatic carbocycles. The van der Waals surface area contributed by atoms with Crippen molar-refractivity contribution in [1.82, 2.24) is 10.6 Å². The van der Waals surface area contributed by atoms with E-state index in [2.05, 4.69) is 10.6 Å². The molecule has 0 aromatic heterocycles. The van der Waals surface area contributed by atoms with Gasteiger partial charge in [0.1, 0.15) is 11.9 Å². The van der Waals surface area contributed by atoms with Crippen LogP contribution in [-0.4, -0.2) is 66.7 Å². The number of hydrogen-bond acceptors (Lipinski definition) is 8. The highest BCUT2D eigenvalue weighted by Gasteiger charge is 2.43. The first-order chi connectivity index (χ1) is 16.1. The summed E-state index contributed by atoms with van der Waals surface area (Å²) in [6.45, 7) is 4.43. The minimum atomic E-state index is -1.20. The molecule has 0 spiro atoms. The van der Waals surface area contributed by atoms with Crippen LogP contribution in [0.1, 0.15) is 32.1 Å². The van der Waals surface area contributed by atoms with Crippen LogP contribution >= 0.6 is 11.8 Å². The summed E-state index contributed by atoms with van der Waals surface area (Å²) in [7, 11) is 1.58. The van der Waals surface area contributed by atoms with Gasteiger partial charge in [0.25, 0.3) is 0 Å². The second kappa shape index (κ2) is 13.1. The molecule has 1 saturated heterocycles. The number of thioether (sulfide) groups is 1. The van der Waals surface area contributed by atoms with E-state index in [1.54, 1.807) is 19.2 Å². The first-order valence-corrected chi connectivity index (χ1v) is 11.6. The van der Waals surface area contributed by atoms with Crippen LogP contribution in [0.2, 0.25) is 0 Å². The number of amides is 2. The Morgan fingerprint density at radius 1 is 1.15 bits per heavy atom. The number of carboxylic acid groups (broad SMARTS) is 1. The molecule has 1 aliphatic rings. The van der Waals surface area contributed by atoms with E-state index in [1.807, 2.05) is 26.0 Å². The molecule has 1 fully saturated rings. The molecule has 0 saturated carbocycles. The highest BCUT2D eigenvalue weighted by atomic mass is 32.2. The minimum absolute atomic E-state index is 0.0643. The Hall–Kier alpha value is -2.89. The second-order valence-corrected chi connectivity index (χ2v) is 9.25. The van der Waals surface area contributed by atoms with Crippen molar-refractivity contribution in [2.24, 2.45) is 5.41 Å². The lowest BCUT2D eigenvalue weighted by Gasteiger charge is -2.41. The summed E-state index contributed by atoms with van der Waals surface area (Å²) in [5.74, 6) is -0.802. The Bertz CT molecular complexity index is 901. The Morgan fingerprint density at radius 2 is 1.85 bits per heavy atom. The Labute approximate surface area is 202 Å². The molecule has 1 aliphatic heterocycles. The van der Waals surface area contributed by atoms with Gasteiger partial charge in [0.15, 0.2) is 6.29 Å². The van der Waals surface area contributed by atoms with Gasteiger partial charge >= 0.3 is 5.97 Å². The van der Waals surface area contributed by atoms with Crippen LogP contribution in [0.25, 0.3) is 0 Å². The van der Waals surface area contributed by atoms with E-state index >= 15 is 0 Å². The predicted octanol–water partition coefficient (Wildman–Crippen LogP) is 1.66. The van der Waals surface area contributed by atoms with Crippen LogP contribution in [0.4, 0.5) is 0 Å². The van der Waals surface area contributed by atoms with Crippen LogP contribution in [-0.2, 0) is 28.7 Å². The van der Waals surface area contributed by atoms with Crippen molar-refractivity contribution in [1.29, 1.82) is 0 Å². The zero-order valence-corrected chi connectivity index (χ0v) is 20.2. The Kier molecular flexibility index (Phi) is 10.6. The maximum absolute atomic E-state index is 12.8. The number of carboxylic acids is 1. The van der Waals surface area contributed by atoms with Gasteiger partial charge in [-0.1, -0.05) is 37.7 Å². The lowest BCUT2D eigenvalue weighted by molar-refractivity contribution is -0.258. The highest BCUT2D eigenvalue weighted by molar-refractivity contribution is 8.14. The van der Waals surface area contributed by atoms with Crippen molar-refractivity contribution in [3.8, 4) is 5.75 Å². The third kappa shape index (κ3) is 8.81. The van der Waals surface area contributed by atoms with Crippen LogP contribution in [0.15, 0.2) is 36.4 Å². The third-order valence-electron chi connectivity index (χ3n) is 4.88. The van der Waals surface area contributed by atoms with Gasteiger partial charge in [-0.05, 0) is 18.2 Å². The average molecular weight is 495 g/mol. The maximum Gasteiger partial charge on any atom is 0.328 e. The fourth-order valence-electron chi connectivity index (χ4n) is 3.08. The standard InChI is InChI=1S/C23H30N2O8S/c1-23(2)14-32-22(15-4-6-16(31-3)7-5-15)33-20(23)21(30)25-11-10-17(26)24-12-13-34-19(29)9-8-18(27)28/h4-9,20,22H,10-14H2,1-3H3,(H,24,26)(H,25,30)(H,27,28)/b9-8+/t20-,22?/m0/s1. The van der Waals surface area contributed by atoms with Gasteiger partial charge in [-0.15, -0.1) is 0 Å². The average Bonchev–Trinajstić information content (AvgIpc) is 2.80. The molecule has 0 radical (unpaired) electrons.